The molecule has 0 aliphatic carbocycles. The van der Waals surface area contributed by atoms with Crippen molar-refractivity contribution in [3.05, 3.63) is 59.9 Å². The Hall–Kier alpha value is -2.61. The van der Waals surface area contributed by atoms with Crippen LogP contribution in [0.5, 0.6) is 5.75 Å². The van der Waals surface area contributed by atoms with E-state index in [1.165, 1.54) is 12.1 Å². The van der Waals surface area contributed by atoms with Crippen molar-refractivity contribution >= 4 is 21.6 Å². The molecule has 0 aliphatic rings. The van der Waals surface area contributed by atoms with Gasteiger partial charge in [-0.3, -0.25) is 9.10 Å². The number of halogens is 1. The first-order chi connectivity index (χ1) is 13.2. The Bertz CT molecular complexity index is 901. The lowest BCUT2D eigenvalue weighted by molar-refractivity contribution is -0.122. The van der Waals surface area contributed by atoms with Gasteiger partial charge in [0.2, 0.25) is 15.9 Å². The minimum atomic E-state index is -3.75. The predicted molar refractivity (Wildman–Crippen MR) is 107 cm³/mol. The zero-order valence-corrected chi connectivity index (χ0v) is 17.0. The van der Waals surface area contributed by atoms with E-state index in [0.29, 0.717) is 0 Å². The number of hydrogen-bond acceptors (Lipinski definition) is 4. The molecule has 0 aliphatic heterocycles. The second-order valence-corrected chi connectivity index (χ2v) is 8.22. The number of hydrogen-bond donors (Lipinski definition) is 1. The van der Waals surface area contributed by atoms with E-state index in [0.717, 1.165) is 34.0 Å². The molecule has 1 amide bonds. The SMILES string of the molecule is CCC(C(=O)NCCOc1ccccc1C)N(c1ccc(F)cc1)S(C)(=O)=O. The smallest absolute Gasteiger partial charge is 0.244 e. The van der Waals surface area contributed by atoms with Crippen molar-refractivity contribution in [2.75, 3.05) is 23.7 Å². The summed E-state index contributed by atoms with van der Waals surface area (Å²) in [5, 5.41) is 2.71. The summed E-state index contributed by atoms with van der Waals surface area (Å²) in [6.07, 6.45) is 1.28. The average Bonchev–Trinajstić information content (AvgIpc) is 2.64. The standard InChI is InChI=1S/C20H25FN2O4S/c1-4-18(23(28(3,25)26)17-11-9-16(21)10-12-17)20(24)22-13-14-27-19-8-6-5-7-15(19)2/h5-12,18H,4,13-14H2,1-3H3,(H,22,24). The number of ether oxygens (including phenoxy) is 1. The Morgan fingerprint density at radius 3 is 2.39 bits per heavy atom. The molecule has 2 rings (SSSR count). The maximum Gasteiger partial charge on any atom is 0.244 e. The summed E-state index contributed by atoms with van der Waals surface area (Å²) >= 11 is 0. The number of nitrogens with zero attached hydrogens (tertiary/aromatic N) is 1. The van der Waals surface area contributed by atoms with Crippen molar-refractivity contribution in [1.82, 2.24) is 5.32 Å². The molecule has 6 nitrogen and oxygen atoms in total. The predicted octanol–water partition coefficient (Wildman–Crippen LogP) is 2.87. The van der Waals surface area contributed by atoms with Crippen LogP contribution in [0.2, 0.25) is 0 Å². The van der Waals surface area contributed by atoms with Crippen LogP contribution in [0.15, 0.2) is 48.5 Å². The van der Waals surface area contributed by atoms with Crippen LogP contribution in [0.1, 0.15) is 18.9 Å². The van der Waals surface area contributed by atoms with Crippen molar-refractivity contribution < 1.29 is 22.3 Å². The summed E-state index contributed by atoms with van der Waals surface area (Å²) in [4.78, 5) is 12.6. The Morgan fingerprint density at radius 1 is 1.18 bits per heavy atom. The van der Waals surface area contributed by atoms with E-state index >= 15 is 0 Å². The highest BCUT2D eigenvalue weighted by atomic mass is 32.2. The Balaban J connectivity index is 2.05. The highest BCUT2D eigenvalue weighted by Gasteiger charge is 2.31. The number of nitrogens with one attached hydrogen (secondary N) is 1. The number of amides is 1. The topological polar surface area (TPSA) is 75.7 Å². The van der Waals surface area contributed by atoms with E-state index in [9.17, 15) is 17.6 Å². The van der Waals surface area contributed by atoms with Gasteiger partial charge in [-0.05, 0) is 49.2 Å². The maximum absolute atomic E-state index is 13.2. The van der Waals surface area contributed by atoms with Crippen molar-refractivity contribution in [2.24, 2.45) is 0 Å². The highest BCUT2D eigenvalue weighted by Crippen LogP contribution is 2.23. The van der Waals surface area contributed by atoms with Gasteiger partial charge in [-0.15, -0.1) is 0 Å². The van der Waals surface area contributed by atoms with Crippen LogP contribution >= 0.6 is 0 Å². The number of aryl methyl sites for hydroxylation is 1. The molecule has 8 heteroatoms. The summed E-state index contributed by atoms with van der Waals surface area (Å²) in [5.41, 5.74) is 1.22. The third-order valence-corrected chi connectivity index (χ3v) is 5.34. The molecule has 0 saturated carbocycles. The number of benzene rings is 2. The van der Waals surface area contributed by atoms with Crippen LogP contribution < -0.4 is 14.4 Å². The first kappa shape index (κ1) is 21.7. The molecule has 0 fully saturated rings. The molecular formula is C20H25FN2O4S. The molecule has 0 saturated heterocycles. The van der Waals surface area contributed by atoms with Gasteiger partial charge in [0.1, 0.15) is 24.2 Å². The van der Waals surface area contributed by atoms with Gasteiger partial charge in [0.15, 0.2) is 0 Å². The monoisotopic (exact) mass is 408 g/mol. The van der Waals surface area contributed by atoms with Crippen LogP contribution in [0.3, 0.4) is 0 Å². The third-order valence-electron chi connectivity index (χ3n) is 4.16. The van der Waals surface area contributed by atoms with Gasteiger partial charge < -0.3 is 10.1 Å². The first-order valence-electron chi connectivity index (χ1n) is 8.95. The van der Waals surface area contributed by atoms with Crippen LogP contribution in [-0.2, 0) is 14.8 Å². The van der Waals surface area contributed by atoms with Gasteiger partial charge in [-0.2, -0.15) is 0 Å². The molecule has 1 atom stereocenters. The summed E-state index contributed by atoms with van der Waals surface area (Å²) < 4.78 is 44.5. The molecule has 28 heavy (non-hydrogen) atoms. The average molecular weight is 408 g/mol. The van der Waals surface area contributed by atoms with E-state index in [-0.39, 0.29) is 25.3 Å². The lowest BCUT2D eigenvalue weighted by Crippen LogP contribution is -2.50. The van der Waals surface area contributed by atoms with E-state index in [1.54, 1.807) is 6.92 Å². The van der Waals surface area contributed by atoms with Crippen LogP contribution in [0.4, 0.5) is 10.1 Å². The second kappa shape index (κ2) is 9.54. The molecule has 0 aromatic heterocycles. The largest absolute Gasteiger partial charge is 0.491 e. The van der Waals surface area contributed by atoms with Crippen molar-refractivity contribution in [3.8, 4) is 5.75 Å². The van der Waals surface area contributed by atoms with Gasteiger partial charge >= 0.3 is 0 Å². The Morgan fingerprint density at radius 2 is 1.82 bits per heavy atom. The molecule has 152 valence electrons. The summed E-state index contributed by atoms with van der Waals surface area (Å²) in [5.74, 6) is -0.193. The number of carbonyl (C=O) groups is 1. The molecule has 1 unspecified atom stereocenters. The van der Waals surface area contributed by atoms with E-state index in [4.69, 9.17) is 4.74 Å². The van der Waals surface area contributed by atoms with Crippen LogP contribution in [0.25, 0.3) is 0 Å². The van der Waals surface area contributed by atoms with E-state index in [2.05, 4.69) is 5.32 Å². The normalized spacial score (nSPS) is 12.3. The van der Waals surface area contributed by atoms with Crippen molar-refractivity contribution in [3.63, 3.8) is 0 Å². The van der Waals surface area contributed by atoms with Crippen molar-refractivity contribution in [1.29, 1.82) is 0 Å². The number of para-hydroxylation sites is 1. The fourth-order valence-electron chi connectivity index (χ4n) is 2.82. The van der Waals surface area contributed by atoms with Gasteiger partial charge in [0.05, 0.1) is 18.5 Å². The van der Waals surface area contributed by atoms with Crippen LogP contribution in [-0.4, -0.2) is 39.8 Å². The minimum Gasteiger partial charge on any atom is -0.491 e. The summed E-state index contributed by atoms with van der Waals surface area (Å²) in [7, 11) is -3.75. The first-order valence-corrected chi connectivity index (χ1v) is 10.8. The van der Waals surface area contributed by atoms with E-state index in [1.807, 2.05) is 31.2 Å². The number of anilines is 1. The summed E-state index contributed by atoms with van der Waals surface area (Å²) in [6, 6.07) is 11.6. The lowest BCUT2D eigenvalue weighted by Gasteiger charge is -2.30. The fourth-order valence-corrected chi connectivity index (χ4v) is 4.03. The summed E-state index contributed by atoms with van der Waals surface area (Å²) in [6.45, 7) is 4.12. The Labute approximate surface area is 165 Å². The fraction of sp³-hybridized carbons (Fsp3) is 0.350. The third kappa shape index (κ3) is 5.69. The molecular weight excluding hydrogens is 383 g/mol. The quantitative estimate of drug-likeness (QED) is 0.648. The number of carbonyl (C=O) groups excluding carboxylic acids is 1. The molecule has 1 N–H and O–H groups in total. The molecule has 2 aromatic rings. The van der Waals surface area contributed by atoms with E-state index < -0.39 is 27.8 Å². The molecule has 0 bridgehead atoms. The number of rotatable bonds is 9. The number of sulfonamides is 1. The molecule has 0 radical (unpaired) electrons. The zero-order chi connectivity index (χ0) is 20.7. The molecule has 0 heterocycles. The second-order valence-electron chi connectivity index (χ2n) is 6.36. The maximum atomic E-state index is 13.2. The zero-order valence-electron chi connectivity index (χ0n) is 16.2. The minimum absolute atomic E-state index is 0.227. The van der Waals surface area contributed by atoms with Gasteiger partial charge in [0, 0.05) is 0 Å². The Kier molecular flexibility index (Phi) is 7.39. The lowest BCUT2D eigenvalue weighted by atomic mass is 10.2. The van der Waals surface area contributed by atoms with Crippen molar-refractivity contribution in [2.45, 2.75) is 26.3 Å². The van der Waals surface area contributed by atoms with Gasteiger partial charge in [0.25, 0.3) is 0 Å². The highest BCUT2D eigenvalue weighted by molar-refractivity contribution is 7.92. The molecule has 0 spiro atoms. The van der Waals surface area contributed by atoms with Gasteiger partial charge in [-0.1, -0.05) is 25.1 Å². The molecule has 2 aromatic carbocycles. The van der Waals surface area contributed by atoms with Crippen LogP contribution in [0, 0.1) is 12.7 Å². The van der Waals surface area contributed by atoms with Gasteiger partial charge in [-0.25, -0.2) is 12.8 Å².